The molecule has 0 amide bonds. The molecule has 2 aromatic heterocycles. The molecule has 0 unspecified atom stereocenters. The van der Waals surface area contributed by atoms with Gasteiger partial charge in [-0.15, -0.1) is 0 Å². The molecule has 124 valence electrons. The number of rotatable bonds is 4. The van der Waals surface area contributed by atoms with Crippen LogP contribution in [0.4, 0.5) is 17.5 Å². The fourth-order valence-corrected chi connectivity index (χ4v) is 2.51. The van der Waals surface area contributed by atoms with E-state index in [-0.39, 0.29) is 11.8 Å². The molecule has 0 aliphatic carbocycles. The zero-order chi connectivity index (χ0) is 17.3. The van der Waals surface area contributed by atoms with Crippen LogP contribution < -0.4 is 16.4 Å². The second-order valence-corrected chi connectivity index (χ2v) is 6.10. The van der Waals surface area contributed by atoms with Crippen molar-refractivity contribution < 1.29 is 0 Å². The average Bonchev–Trinajstić information content (AvgIpc) is 2.55. The van der Waals surface area contributed by atoms with Crippen molar-refractivity contribution in [2.45, 2.75) is 26.3 Å². The summed E-state index contributed by atoms with van der Waals surface area (Å²) in [6, 6.07) is 8.53. The van der Waals surface area contributed by atoms with Crippen LogP contribution in [0.5, 0.6) is 0 Å². The highest BCUT2D eigenvalue weighted by atomic mass is 15.1. The van der Waals surface area contributed by atoms with Crippen LogP contribution in [0.1, 0.15) is 31.0 Å². The first-order valence-electron chi connectivity index (χ1n) is 7.79. The third kappa shape index (κ3) is 3.19. The van der Waals surface area contributed by atoms with Crippen molar-refractivity contribution in [1.82, 2.24) is 19.9 Å². The lowest BCUT2D eigenvalue weighted by Gasteiger charge is -2.19. The second kappa shape index (κ2) is 6.27. The summed E-state index contributed by atoms with van der Waals surface area (Å²) in [5.41, 5.74) is 15.6. The molecule has 0 saturated carbocycles. The minimum Gasteiger partial charge on any atom is -0.382 e. The van der Waals surface area contributed by atoms with E-state index in [4.69, 9.17) is 11.5 Å². The Labute approximate surface area is 140 Å². The topological polar surface area (TPSA) is 107 Å². The number of hydrogen-bond donors (Lipinski definition) is 2. The van der Waals surface area contributed by atoms with E-state index in [1.165, 1.54) is 5.56 Å². The molecule has 0 radical (unpaired) electrons. The Morgan fingerprint density at radius 3 is 2.42 bits per heavy atom. The first-order chi connectivity index (χ1) is 11.4. The van der Waals surface area contributed by atoms with Gasteiger partial charge in [0, 0.05) is 12.7 Å². The summed E-state index contributed by atoms with van der Waals surface area (Å²) in [6.07, 6.45) is 1.69. The Morgan fingerprint density at radius 1 is 1.04 bits per heavy atom. The molecule has 1 aromatic carbocycles. The van der Waals surface area contributed by atoms with Gasteiger partial charge in [0.1, 0.15) is 0 Å². The van der Waals surface area contributed by atoms with Gasteiger partial charge in [-0.2, -0.15) is 9.97 Å². The van der Waals surface area contributed by atoms with E-state index in [2.05, 4.69) is 62.9 Å². The van der Waals surface area contributed by atoms with Crippen LogP contribution in [0, 0.1) is 0 Å². The van der Waals surface area contributed by atoms with Crippen LogP contribution in [0.25, 0.3) is 11.2 Å². The molecular formula is C17H21N7. The van der Waals surface area contributed by atoms with Gasteiger partial charge in [0.05, 0.1) is 18.4 Å². The highest BCUT2D eigenvalue weighted by Gasteiger charge is 2.10. The normalized spacial score (nSPS) is 11.2. The van der Waals surface area contributed by atoms with Gasteiger partial charge >= 0.3 is 0 Å². The molecule has 0 fully saturated rings. The molecule has 0 saturated heterocycles. The number of nitrogens with two attached hydrogens (primary N) is 2. The monoisotopic (exact) mass is 323 g/mol. The van der Waals surface area contributed by atoms with Crippen molar-refractivity contribution in [3.63, 3.8) is 0 Å². The van der Waals surface area contributed by atoms with Crippen LogP contribution in [0.2, 0.25) is 0 Å². The number of fused-ring (bicyclic) bond motifs is 1. The first kappa shape index (κ1) is 15.9. The highest BCUT2D eigenvalue weighted by Crippen LogP contribution is 2.21. The predicted molar refractivity (Wildman–Crippen MR) is 96.6 cm³/mol. The number of hydrogen-bond acceptors (Lipinski definition) is 7. The smallest absolute Gasteiger partial charge is 0.224 e. The molecule has 24 heavy (non-hydrogen) atoms. The van der Waals surface area contributed by atoms with Crippen LogP contribution >= 0.6 is 0 Å². The SMILES string of the molecule is CC(C)c1ccc(N(C)Cc2cnc3nc(N)nc(N)c3n2)cc1. The van der Waals surface area contributed by atoms with Crippen molar-refractivity contribution in [2.24, 2.45) is 0 Å². The van der Waals surface area contributed by atoms with Crippen LogP contribution in [0.3, 0.4) is 0 Å². The lowest BCUT2D eigenvalue weighted by molar-refractivity contribution is 0.859. The van der Waals surface area contributed by atoms with E-state index in [0.29, 0.717) is 23.6 Å². The fourth-order valence-electron chi connectivity index (χ4n) is 2.51. The minimum atomic E-state index is 0.101. The summed E-state index contributed by atoms with van der Waals surface area (Å²) in [4.78, 5) is 18.9. The molecule has 3 rings (SSSR count). The molecule has 3 aromatic rings. The number of anilines is 3. The van der Waals surface area contributed by atoms with E-state index in [1.54, 1.807) is 6.20 Å². The second-order valence-electron chi connectivity index (χ2n) is 6.10. The average molecular weight is 323 g/mol. The molecule has 7 heteroatoms. The van der Waals surface area contributed by atoms with Gasteiger partial charge in [-0.25, -0.2) is 9.97 Å². The molecule has 0 aliphatic rings. The van der Waals surface area contributed by atoms with Gasteiger partial charge < -0.3 is 16.4 Å². The Hall–Kier alpha value is -2.96. The van der Waals surface area contributed by atoms with E-state index in [0.717, 1.165) is 11.4 Å². The summed E-state index contributed by atoms with van der Waals surface area (Å²) < 4.78 is 0. The van der Waals surface area contributed by atoms with Crippen molar-refractivity contribution in [3.8, 4) is 0 Å². The Kier molecular flexibility index (Phi) is 4.16. The van der Waals surface area contributed by atoms with Gasteiger partial charge in [0.2, 0.25) is 5.95 Å². The Morgan fingerprint density at radius 2 is 1.75 bits per heavy atom. The number of nitrogens with zero attached hydrogens (tertiary/aromatic N) is 5. The van der Waals surface area contributed by atoms with Crippen molar-refractivity contribution >= 4 is 28.6 Å². The maximum atomic E-state index is 5.87. The lowest BCUT2D eigenvalue weighted by Crippen LogP contribution is -2.17. The molecular weight excluding hydrogens is 302 g/mol. The van der Waals surface area contributed by atoms with Gasteiger partial charge in [0.15, 0.2) is 17.0 Å². The fraction of sp³-hybridized carbons (Fsp3) is 0.294. The summed E-state index contributed by atoms with van der Waals surface area (Å²) >= 11 is 0. The first-order valence-corrected chi connectivity index (χ1v) is 7.79. The van der Waals surface area contributed by atoms with E-state index in [9.17, 15) is 0 Å². The minimum absolute atomic E-state index is 0.101. The quantitative estimate of drug-likeness (QED) is 0.758. The summed E-state index contributed by atoms with van der Waals surface area (Å²) in [5, 5.41) is 0. The maximum Gasteiger partial charge on any atom is 0.224 e. The Balaban J connectivity index is 1.83. The van der Waals surface area contributed by atoms with Crippen molar-refractivity contribution in [2.75, 3.05) is 23.4 Å². The lowest BCUT2D eigenvalue weighted by atomic mass is 10.0. The van der Waals surface area contributed by atoms with Crippen LogP contribution in [-0.4, -0.2) is 27.0 Å². The molecule has 0 spiro atoms. The maximum absolute atomic E-state index is 5.87. The van der Waals surface area contributed by atoms with Gasteiger partial charge in [-0.1, -0.05) is 26.0 Å². The Bertz CT molecular complexity index is 859. The molecule has 7 nitrogen and oxygen atoms in total. The molecule has 0 aliphatic heterocycles. The van der Waals surface area contributed by atoms with Crippen LogP contribution in [0.15, 0.2) is 30.5 Å². The summed E-state index contributed by atoms with van der Waals surface area (Å²) in [5.74, 6) is 0.867. The number of nitrogen functional groups attached to an aromatic ring is 2. The van der Waals surface area contributed by atoms with Crippen molar-refractivity contribution in [1.29, 1.82) is 0 Å². The molecule has 0 atom stereocenters. The van der Waals surface area contributed by atoms with Gasteiger partial charge in [-0.3, -0.25) is 0 Å². The molecule has 2 heterocycles. The third-order valence-electron chi connectivity index (χ3n) is 3.90. The highest BCUT2D eigenvalue weighted by molar-refractivity contribution is 5.81. The number of aromatic nitrogens is 4. The predicted octanol–water partition coefficient (Wildman–Crippen LogP) is 2.34. The molecule has 0 bridgehead atoms. The zero-order valence-corrected chi connectivity index (χ0v) is 14.1. The summed E-state index contributed by atoms with van der Waals surface area (Å²) in [7, 11) is 2.01. The van der Waals surface area contributed by atoms with Crippen LogP contribution in [-0.2, 0) is 6.54 Å². The van der Waals surface area contributed by atoms with E-state index < -0.39 is 0 Å². The largest absolute Gasteiger partial charge is 0.382 e. The molecule has 4 N–H and O–H groups in total. The van der Waals surface area contributed by atoms with Gasteiger partial charge in [0.25, 0.3) is 0 Å². The third-order valence-corrected chi connectivity index (χ3v) is 3.90. The number of benzene rings is 1. The summed E-state index contributed by atoms with van der Waals surface area (Å²) in [6.45, 7) is 4.97. The van der Waals surface area contributed by atoms with Crippen molar-refractivity contribution in [3.05, 3.63) is 41.7 Å². The van der Waals surface area contributed by atoms with E-state index in [1.807, 2.05) is 7.05 Å². The van der Waals surface area contributed by atoms with E-state index >= 15 is 0 Å². The zero-order valence-electron chi connectivity index (χ0n) is 14.1. The standard InChI is InChI=1S/C17H21N7/c1-10(2)11-4-6-13(7-5-11)24(3)9-12-8-20-16-14(21-12)15(18)22-17(19)23-16/h4-8,10H,9H2,1-3H3,(H4,18,19,20,22,23). The van der Waals surface area contributed by atoms with Gasteiger partial charge in [-0.05, 0) is 23.6 Å².